The Bertz CT molecular complexity index is 690. The maximum absolute atomic E-state index is 5.68. The molecule has 0 aliphatic carbocycles. The Morgan fingerprint density at radius 2 is 1.94 bits per heavy atom. The molecule has 0 aliphatic rings. The van der Waals surface area contributed by atoms with Crippen LogP contribution in [0, 0.1) is 3.70 Å². The van der Waals surface area contributed by atoms with Gasteiger partial charge in [0.15, 0.2) is 0 Å². The summed E-state index contributed by atoms with van der Waals surface area (Å²) < 4.78 is 0.985. The minimum atomic E-state index is 0.529. The van der Waals surface area contributed by atoms with Gasteiger partial charge in [0, 0.05) is 11.6 Å². The highest BCUT2D eigenvalue weighted by molar-refractivity contribution is 14.1. The van der Waals surface area contributed by atoms with Crippen LogP contribution in [0.25, 0.3) is 22.0 Å². The van der Waals surface area contributed by atoms with Crippen LogP contribution in [0.15, 0.2) is 36.5 Å². The molecule has 5 heteroatoms. The molecule has 0 fully saturated rings. The van der Waals surface area contributed by atoms with Gasteiger partial charge in [-0.05, 0) is 58.0 Å². The van der Waals surface area contributed by atoms with Crippen molar-refractivity contribution in [2.75, 3.05) is 5.73 Å². The lowest BCUT2D eigenvalue weighted by Crippen LogP contribution is -1.89. The van der Waals surface area contributed by atoms with Gasteiger partial charge in [0.25, 0.3) is 0 Å². The summed E-state index contributed by atoms with van der Waals surface area (Å²) in [5.74, 6) is 0.529. The molecule has 4 nitrogen and oxygen atoms in total. The topological polar surface area (TPSA) is 67.6 Å². The van der Waals surface area contributed by atoms with Crippen molar-refractivity contribution >= 4 is 39.3 Å². The van der Waals surface area contributed by atoms with Crippen LogP contribution in [0.2, 0.25) is 0 Å². The summed E-state index contributed by atoms with van der Waals surface area (Å²) in [7, 11) is 0. The third-order valence-corrected chi connectivity index (χ3v) is 3.45. The first-order valence-corrected chi connectivity index (χ1v) is 6.17. The second-order valence-electron chi connectivity index (χ2n) is 3.74. The molecule has 84 valence electrons. The van der Waals surface area contributed by atoms with Crippen LogP contribution in [0.4, 0.5) is 5.82 Å². The summed E-state index contributed by atoms with van der Waals surface area (Å²) >= 11 is 2.21. The molecule has 17 heavy (non-hydrogen) atoms. The van der Waals surface area contributed by atoms with Gasteiger partial charge in [0.2, 0.25) is 0 Å². The third kappa shape index (κ3) is 1.86. The third-order valence-electron chi connectivity index (χ3n) is 2.63. The number of hydrogen-bond donors (Lipinski definition) is 2. The minimum Gasteiger partial charge on any atom is -0.384 e. The molecule has 0 atom stereocenters. The van der Waals surface area contributed by atoms with Gasteiger partial charge >= 0.3 is 0 Å². The number of benzene rings is 1. The van der Waals surface area contributed by atoms with Crippen molar-refractivity contribution < 1.29 is 0 Å². The second-order valence-corrected chi connectivity index (χ2v) is 4.77. The number of pyridine rings is 1. The molecule has 2 heterocycles. The molecule has 0 saturated heterocycles. The normalized spacial score (nSPS) is 10.9. The molecule has 0 aliphatic heterocycles. The van der Waals surface area contributed by atoms with Gasteiger partial charge in [0.1, 0.15) is 9.52 Å². The Labute approximate surface area is 111 Å². The molecular formula is C12H9IN4. The van der Waals surface area contributed by atoms with E-state index in [1.54, 1.807) is 6.20 Å². The van der Waals surface area contributed by atoms with Crippen molar-refractivity contribution in [3.63, 3.8) is 0 Å². The van der Waals surface area contributed by atoms with Gasteiger partial charge < -0.3 is 5.73 Å². The van der Waals surface area contributed by atoms with Crippen LogP contribution in [0.1, 0.15) is 0 Å². The number of aromatic amines is 1. The van der Waals surface area contributed by atoms with E-state index in [4.69, 9.17) is 5.73 Å². The average Bonchev–Trinajstić information content (AvgIpc) is 2.71. The number of nitrogens with one attached hydrogen (secondary N) is 1. The molecule has 0 bridgehead atoms. The second kappa shape index (κ2) is 3.99. The van der Waals surface area contributed by atoms with Crippen molar-refractivity contribution in [3.8, 4) is 11.1 Å². The van der Waals surface area contributed by atoms with E-state index in [-0.39, 0.29) is 0 Å². The Kier molecular flexibility index (Phi) is 2.47. The number of halogens is 1. The van der Waals surface area contributed by atoms with Crippen molar-refractivity contribution in [1.29, 1.82) is 0 Å². The van der Waals surface area contributed by atoms with Gasteiger partial charge in [0.05, 0.1) is 5.52 Å². The van der Waals surface area contributed by atoms with Gasteiger partial charge in [-0.1, -0.05) is 6.07 Å². The number of aromatic nitrogens is 3. The molecule has 0 amide bonds. The molecule has 2 aromatic heterocycles. The van der Waals surface area contributed by atoms with Crippen molar-refractivity contribution in [3.05, 3.63) is 40.2 Å². The predicted octanol–water partition coefficient (Wildman–Crippen LogP) is 2.81. The number of H-pyrrole nitrogens is 1. The van der Waals surface area contributed by atoms with Crippen LogP contribution in [0.5, 0.6) is 0 Å². The Morgan fingerprint density at radius 3 is 2.76 bits per heavy atom. The molecule has 3 aromatic rings. The zero-order chi connectivity index (χ0) is 11.8. The molecular weight excluding hydrogens is 327 g/mol. The summed E-state index contributed by atoms with van der Waals surface area (Å²) in [4.78, 5) is 3.99. The van der Waals surface area contributed by atoms with Crippen LogP contribution in [-0.4, -0.2) is 15.2 Å². The first-order valence-electron chi connectivity index (χ1n) is 5.09. The summed E-state index contributed by atoms with van der Waals surface area (Å²) in [6, 6.07) is 10.0. The van der Waals surface area contributed by atoms with E-state index < -0.39 is 0 Å². The Balaban J connectivity index is 2.18. The van der Waals surface area contributed by atoms with Gasteiger partial charge in [-0.2, -0.15) is 5.10 Å². The minimum absolute atomic E-state index is 0.529. The number of anilines is 1. The van der Waals surface area contributed by atoms with Crippen LogP contribution in [-0.2, 0) is 0 Å². The number of hydrogen-bond acceptors (Lipinski definition) is 3. The first-order chi connectivity index (χ1) is 8.24. The SMILES string of the molecule is Nc1cc(-c2ccc3c(I)n[nH]c3c2)ccn1. The fourth-order valence-electron chi connectivity index (χ4n) is 1.79. The van der Waals surface area contributed by atoms with E-state index in [1.807, 2.05) is 12.1 Å². The Morgan fingerprint density at radius 1 is 1.12 bits per heavy atom. The van der Waals surface area contributed by atoms with E-state index >= 15 is 0 Å². The van der Waals surface area contributed by atoms with Crippen molar-refractivity contribution in [1.82, 2.24) is 15.2 Å². The lowest BCUT2D eigenvalue weighted by molar-refractivity contribution is 1.09. The van der Waals surface area contributed by atoms with Crippen LogP contribution < -0.4 is 5.73 Å². The van der Waals surface area contributed by atoms with E-state index in [0.29, 0.717) is 5.82 Å². The number of fused-ring (bicyclic) bond motifs is 1. The predicted molar refractivity (Wildman–Crippen MR) is 76.5 cm³/mol. The highest BCUT2D eigenvalue weighted by Gasteiger charge is 2.05. The highest BCUT2D eigenvalue weighted by Crippen LogP contribution is 2.25. The molecule has 1 aromatic carbocycles. The van der Waals surface area contributed by atoms with Crippen molar-refractivity contribution in [2.24, 2.45) is 0 Å². The number of rotatable bonds is 1. The summed E-state index contributed by atoms with van der Waals surface area (Å²) in [5, 5.41) is 8.32. The smallest absolute Gasteiger partial charge is 0.130 e. The van der Waals surface area contributed by atoms with Gasteiger partial charge in [-0.3, -0.25) is 5.10 Å². The average molecular weight is 336 g/mol. The van der Waals surface area contributed by atoms with E-state index in [9.17, 15) is 0 Å². The summed E-state index contributed by atoms with van der Waals surface area (Å²) in [6.07, 6.45) is 1.71. The highest BCUT2D eigenvalue weighted by atomic mass is 127. The number of nitrogens with zero attached hydrogens (tertiary/aromatic N) is 2. The molecule has 0 spiro atoms. The molecule has 3 N–H and O–H groups in total. The fraction of sp³-hybridized carbons (Fsp3) is 0. The van der Waals surface area contributed by atoms with E-state index in [1.165, 1.54) is 0 Å². The number of nitrogens with two attached hydrogens (primary N) is 1. The van der Waals surface area contributed by atoms with Gasteiger partial charge in [-0.25, -0.2) is 4.98 Å². The van der Waals surface area contributed by atoms with E-state index in [2.05, 4.69) is 56.0 Å². The molecule has 0 radical (unpaired) electrons. The monoisotopic (exact) mass is 336 g/mol. The lowest BCUT2D eigenvalue weighted by atomic mass is 10.1. The molecule has 0 saturated carbocycles. The van der Waals surface area contributed by atoms with Gasteiger partial charge in [-0.15, -0.1) is 0 Å². The van der Waals surface area contributed by atoms with Crippen molar-refractivity contribution in [2.45, 2.75) is 0 Å². The molecule has 3 rings (SSSR count). The first kappa shape index (κ1) is 10.5. The van der Waals surface area contributed by atoms with E-state index in [0.717, 1.165) is 25.7 Å². The largest absolute Gasteiger partial charge is 0.384 e. The summed E-state index contributed by atoms with van der Waals surface area (Å²) in [5.41, 5.74) is 8.87. The van der Waals surface area contributed by atoms with Crippen LogP contribution >= 0.6 is 22.6 Å². The molecule has 0 unspecified atom stereocenters. The lowest BCUT2D eigenvalue weighted by Gasteiger charge is -2.02. The summed E-state index contributed by atoms with van der Waals surface area (Å²) in [6.45, 7) is 0. The zero-order valence-electron chi connectivity index (χ0n) is 8.81. The zero-order valence-corrected chi connectivity index (χ0v) is 11.0. The Hall–Kier alpha value is -1.63. The quantitative estimate of drug-likeness (QED) is 0.672. The fourth-order valence-corrected chi connectivity index (χ4v) is 2.38. The maximum atomic E-state index is 5.68. The van der Waals surface area contributed by atoms with Crippen LogP contribution in [0.3, 0.4) is 0 Å². The maximum Gasteiger partial charge on any atom is 0.130 e. The standard InChI is InChI=1S/C12H9IN4/c13-12-9-2-1-7(5-10(9)16-17-12)8-3-4-15-11(14)6-8/h1-6H,(H2,14,15)(H,16,17). The number of nitrogen functional groups attached to an aromatic ring is 1.